The minimum Gasteiger partial charge on any atom is -0.487 e. The predicted molar refractivity (Wildman–Crippen MR) is 166 cm³/mol. The molecule has 3 atom stereocenters. The predicted octanol–water partition coefficient (Wildman–Crippen LogP) is 5.46. The van der Waals surface area contributed by atoms with Crippen LogP contribution in [0.15, 0.2) is 60.7 Å². The second-order valence-electron chi connectivity index (χ2n) is 11.4. The number of urea groups is 2. The zero-order valence-corrected chi connectivity index (χ0v) is 25.8. The molecule has 2 aliphatic rings. The fourth-order valence-electron chi connectivity index (χ4n) is 5.10. The van der Waals surface area contributed by atoms with Gasteiger partial charge in [0.15, 0.2) is 11.5 Å². The smallest absolute Gasteiger partial charge is 0.416 e. The van der Waals surface area contributed by atoms with Gasteiger partial charge in [-0.2, -0.15) is 13.2 Å². The van der Waals surface area contributed by atoms with E-state index >= 15 is 0 Å². The fourth-order valence-corrected chi connectivity index (χ4v) is 5.10. The number of carbonyl (C=O) groups is 3. The lowest BCUT2D eigenvalue weighted by molar-refractivity contribution is -0.137. The van der Waals surface area contributed by atoms with E-state index in [4.69, 9.17) is 14.2 Å². The van der Waals surface area contributed by atoms with Gasteiger partial charge in [0.05, 0.1) is 30.3 Å². The topological polar surface area (TPSA) is 142 Å². The van der Waals surface area contributed by atoms with Crippen LogP contribution in [0.2, 0.25) is 0 Å². The minimum absolute atomic E-state index is 0.0561. The summed E-state index contributed by atoms with van der Waals surface area (Å²) in [4.78, 5) is 42.3. The van der Waals surface area contributed by atoms with E-state index in [1.807, 2.05) is 6.92 Å². The van der Waals surface area contributed by atoms with Gasteiger partial charge in [-0.25, -0.2) is 9.59 Å². The highest BCUT2D eigenvalue weighted by atomic mass is 19.4. The van der Waals surface area contributed by atoms with E-state index in [-0.39, 0.29) is 49.4 Å². The van der Waals surface area contributed by atoms with Crippen molar-refractivity contribution in [2.24, 2.45) is 5.92 Å². The maximum absolute atomic E-state index is 13.7. The lowest BCUT2D eigenvalue weighted by Gasteiger charge is -2.38. The van der Waals surface area contributed by atoms with Crippen LogP contribution in [0, 0.1) is 5.92 Å². The third kappa shape index (κ3) is 7.80. The third-order valence-corrected chi connectivity index (χ3v) is 7.82. The molecule has 3 aromatic rings. The summed E-state index contributed by atoms with van der Waals surface area (Å²) in [6, 6.07) is 11.9. The van der Waals surface area contributed by atoms with E-state index in [1.54, 1.807) is 37.3 Å². The van der Waals surface area contributed by atoms with Gasteiger partial charge < -0.3 is 45.1 Å². The van der Waals surface area contributed by atoms with Crippen LogP contribution in [0.4, 0.5) is 39.8 Å². The maximum Gasteiger partial charge on any atom is 0.416 e. The van der Waals surface area contributed by atoms with Gasteiger partial charge >= 0.3 is 18.2 Å². The van der Waals surface area contributed by atoms with Gasteiger partial charge in [-0.1, -0.05) is 6.92 Å². The molecule has 12 nitrogen and oxygen atoms in total. The summed E-state index contributed by atoms with van der Waals surface area (Å²) in [6.07, 6.45) is -5.13. The Kier molecular flexibility index (Phi) is 9.65. The molecule has 47 heavy (non-hydrogen) atoms. The van der Waals surface area contributed by atoms with Crippen LogP contribution >= 0.6 is 0 Å². The van der Waals surface area contributed by atoms with E-state index in [0.29, 0.717) is 22.9 Å². The molecule has 0 saturated carbocycles. The Morgan fingerprint density at radius 3 is 2.23 bits per heavy atom. The Balaban J connectivity index is 1.31. The lowest BCUT2D eigenvalue weighted by atomic mass is 9.99. The number of halogens is 3. The van der Waals surface area contributed by atoms with Crippen molar-refractivity contribution in [3.05, 3.63) is 71.8 Å². The molecule has 3 aromatic carbocycles. The van der Waals surface area contributed by atoms with Crippen molar-refractivity contribution >= 4 is 35.0 Å². The second-order valence-corrected chi connectivity index (χ2v) is 11.4. The molecule has 2 aliphatic heterocycles. The highest BCUT2D eigenvalue weighted by Gasteiger charge is 2.34. The van der Waals surface area contributed by atoms with Crippen LogP contribution in [0.3, 0.4) is 0 Å². The van der Waals surface area contributed by atoms with Gasteiger partial charge in [0.2, 0.25) is 6.79 Å². The Morgan fingerprint density at radius 2 is 1.57 bits per heavy atom. The lowest BCUT2D eigenvalue weighted by Crippen LogP contribution is -2.50. The largest absolute Gasteiger partial charge is 0.487 e. The van der Waals surface area contributed by atoms with Crippen molar-refractivity contribution in [3.63, 3.8) is 0 Å². The molecule has 5 rings (SSSR count). The van der Waals surface area contributed by atoms with Gasteiger partial charge in [-0.15, -0.1) is 0 Å². The average molecular weight is 658 g/mol. The molecule has 0 aromatic heterocycles. The van der Waals surface area contributed by atoms with Crippen molar-refractivity contribution in [1.82, 2.24) is 9.80 Å². The van der Waals surface area contributed by atoms with E-state index < -0.39 is 41.9 Å². The monoisotopic (exact) mass is 657 g/mol. The SMILES string of the molecule is C[C@H]1CN([C@@H](C)CO)C(=O)c2cc(NC(=O)Nc3ccc4c(c3)OCO4)ccc2O[C@@H]1CN(C)C(=O)Nc1ccc(C(F)(F)F)cc1. The number of hydrogen-bond acceptors (Lipinski definition) is 7. The molecule has 15 heteroatoms. The Hall–Kier alpha value is -5.18. The number of aliphatic hydroxyl groups excluding tert-OH is 1. The van der Waals surface area contributed by atoms with E-state index in [9.17, 15) is 32.7 Å². The van der Waals surface area contributed by atoms with Crippen molar-refractivity contribution < 1.29 is 46.9 Å². The summed E-state index contributed by atoms with van der Waals surface area (Å²) in [5.41, 5.74) is 0.250. The molecule has 250 valence electrons. The number of anilines is 3. The van der Waals surface area contributed by atoms with E-state index in [2.05, 4.69) is 16.0 Å². The highest BCUT2D eigenvalue weighted by Crippen LogP contribution is 2.35. The molecule has 0 spiro atoms. The fraction of sp³-hybridized carbons (Fsp3) is 0.344. The van der Waals surface area contributed by atoms with Gasteiger partial charge in [0.25, 0.3) is 5.91 Å². The molecule has 0 unspecified atom stereocenters. The maximum atomic E-state index is 13.7. The van der Waals surface area contributed by atoms with Crippen LogP contribution in [0.25, 0.3) is 0 Å². The van der Waals surface area contributed by atoms with Crippen molar-refractivity contribution in [2.45, 2.75) is 32.2 Å². The number of amides is 5. The standard InChI is InChI=1S/C32H34F3N5O7/c1-18-14-40(19(2)16-41)29(42)24-12-22(36-30(43)37-23-9-11-26-27(13-23)46-17-45-26)8-10-25(24)47-28(18)15-39(3)31(44)38-21-6-4-20(5-7-21)32(33,34)35/h4-13,18-19,28,41H,14-17H2,1-3H3,(H,38,44)(H2,36,37,43)/t18-,19-,28+/m0/s1. The summed E-state index contributed by atoms with van der Waals surface area (Å²) < 4.78 is 55.7. The summed E-state index contributed by atoms with van der Waals surface area (Å²) in [7, 11) is 1.51. The first-order valence-corrected chi connectivity index (χ1v) is 14.7. The van der Waals surface area contributed by atoms with Crippen LogP contribution in [-0.4, -0.2) is 78.6 Å². The second kappa shape index (κ2) is 13.7. The number of nitrogens with zero attached hydrogens (tertiary/aromatic N) is 2. The van der Waals surface area contributed by atoms with Crippen LogP contribution in [0.1, 0.15) is 29.8 Å². The molecule has 0 saturated heterocycles. The number of likely N-dealkylation sites (N-methyl/N-ethyl adjacent to an activating group) is 1. The highest BCUT2D eigenvalue weighted by molar-refractivity contribution is 6.02. The molecule has 5 amide bonds. The molecule has 0 bridgehead atoms. The van der Waals surface area contributed by atoms with Gasteiger partial charge in [0, 0.05) is 42.6 Å². The number of hydrogen-bond donors (Lipinski definition) is 4. The molecule has 2 heterocycles. The number of nitrogens with one attached hydrogen (secondary N) is 3. The van der Waals surface area contributed by atoms with Crippen LogP contribution in [0.5, 0.6) is 17.2 Å². The molecular weight excluding hydrogens is 623 g/mol. The Labute approximate surface area is 268 Å². The number of carbonyl (C=O) groups excluding carboxylic acids is 3. The molecule has 0 radical (unpaired) electrons. The molecular formula is C32H34F3N5O7. The number of alkyl halides is 3. The first-order valence-electron chi connectivity index (χ1n) is 14.7. The Morgan fingerprint density at radius 1 is 0.957 bits per heavy atom. The average Bonchev–Trinajstić information content (AvgIpc) is 3.50. The minimum atomic E-state index is -4.50. The summed E-state index contributed by atoms with van der Waals surface area (Å²) in [5, 5.41) is 17.9. The number of benzene rings is 3. The summed E-state index contributed by atoms with van der Waals surface area (Å²) >= 11 is 0. The molecule has 4 N–H and O–H groups in total. The summed E-state index contributed by atoms with van der Waals surface area (Å²) in [6.45, 7) is 3.57. The van der Waals surface area contributed by atoms with Crippen molar-refractivity contribution in [3.8, 4) is 17.2 Å². The zero-order valence-electron chi connectivity index (χ0n) is 25.8. The zero-order chi connectivity index (χ0) is 33.9. The number of rotatable bonds is 7. The van der Waals surface area contributed by atoms with Gasteiger partial charge in [-0.05, 0) is 61.5 Å². The Bertz CT molecular complexity index is 1640. The first-order chi connectivity index (χ1) is 22.3. The number of aliphatic hydroxyl groups is 1. The normalized spacial score (nSPS) is 17.9. The third-order valence-electron chi connectivity index (χ3n) is 7.82. The van der Waals surface area contributed by atoms with Crippen molar-refractivity contribution in [1.29, 1.82) is 0 Å². The van der Waals surface area contributed by atoms with Gasteiger partial charge in [0.1, 0.15) is 11.9 Å². The van der Waals surface area contributed by atoms with Crippen LogP contribution in [-0.2, 0) is 6.18 Å². The number of fused-ring (bicyclic) bond motifs is 2. The molecule has 0 fully saturated rings. The van der Waals surface area contributed by atoms with Gasteiger partial charge in [-0.3, -0.25) is 4.79 Å². The first kappa shape index (κ1) is 33.2. The quantitative estimate of drug-likeness (QED) is 0.264. The number of ether oxygens (including phenoxy) is 3. The van der Waals surface area contributed by atoms with E-state index in [1.165, 1.54) is 35.0 Å². The molecule has 0 aliphatic carbocycles. The summed E-state index contributed by atoms with van der Waals surface area (Å²) in [5.74, 6) is 0.542. The van der Waals surface area contributed by atoms with Crippen LogP contribution < -0.4 is 30.2 Å². The van der Waals surface area contributed by atoms with Crippen molar-refractivity contribution in [2.75, 3.05) is 49.5 Å². The van der Waals surface area contributed by atoms with E-state index in [0.717, 1.165) is 12.1 Å².